The SMILES string of the molecule is CCOC(=O)c1cc2n(n1)C[C@@](C)(C(=O)NC1CCCCC1)N(Cc1ccc(CC)cc1)C2=O. The zero-order valence-electron chi connectivity index (χ0n) is 20.3. The molecule has 2 aromatic rings. The third kappa shape index (κ3) is 4.72. The monoisotopic (exact) mass is 466 g/mol. The van der Waals surface area contributed by atoms with Gasteiger partial charge in [-0.1, -0.05) is 50.5 Å². The van der Waals surface area contributed by atoms with Gasteiger partial charge < -0.3 is 15.0 Å². The molecule has 1 saturated carbocycles. The summed E-state index contributed by atoms with van der Waals surface area (Å²) in [6.07, 6.45) is 6.22. The van der Waals surface area contributed by atoms with Crippen LogP contribution in [0.3, 0.4) is 0 Å². The molecule has 1 N–H and O–H groups in total. The van der Waals surface area contributed by atoms with Crippen LogP contribution in [-0.4, -0.2) is 50.7 Å². The van der Waals surface area contributed by atoms with Gasteiger partial charge in [-0.15, -0.1) is 0 Å². The van der Waals surface area contributed by atoms with E-state index < -0.39 is 11.5 Å². The molecule has 2 amide bonds. The Bertz CT molecular complexity index is 1060. The van der Waals surface area contributed by atoms with Crippen molar-refractivity contribution in [1.82, 2.24) is 20.0 Å². The zero-order valence-corrected chi connectivity index (χ0v) is 20.3. The normalized spacial score (nSPS) is 20.7. The predicted octanol–water partition coefficient (Wildman–Crippen LogP) is 3.49. The molecule has 0 bridgehead atoms. The van der Waals surface area contributed by atoms with Crippen molar-refractivity contribution < 1.29 is 19.1 Å². The molecule has 2 heterocycles. The molecule has 1 aliphatic heterocycles. The first kappa shape index (κ1) is 24.0. The summed E-state index contributed by atoms with van der Waals surface area (Å²) in [5, 5.41) is 7.52. The third-order valence-corrected chi connectivity index (χ3v) is 6.98. The molecule has 2 aliphatic rings. The molecule has 0 unspecified atom stereocenters. The lowest BCUT2D eigenvalue weighted by Crippen LogP contribution is -2.64. The first-order chi connectivity index (χ1) is 16.4. The van der Waals surface area contributed by atoms with E-state index >= 15 is 0 Å². The van der Waals surface area contributed by atoms with Gasteiger partial charge in [0, 0.05) is 18.7 Å². The van der Waals surface area contributed by atoms with Crippen molar-refractivity contribution >= 4 is 17.8 Å². The van der Waals surface area contributed by atoms with Crippen molar-refractivity contribution in [2.24, 2.45) is 0 Å². The highest BCUT2D eigenvalue weighted by Gasteiger charge is 2.48. The molecular formula is C26H34N4O4. The van der Waals surface area contributed by atoms with Crippen LogP contribution in [0.1, 0.15) is 85.0 Å². The standard InChI is InChI=1S/C26H34N4O4/c1-4-18-11-13-19(14-12-18)16-29-23(31)22-15-21(24(32)34-5-2)28-30(22)17-26(29,3)25(33)27-20-9-7-6-8-10-20/h11-15,20H,4-10,16-17H2,1-3H3,(H,27,33)/t26-/m0/s1. The summed E-state index contributed by atoms with van der Waals surface area (Å²) in [4.78, 5) is 41.2. The van der Waals surface area contributed by atoms with Crippen molar-refractivity contribution in [3.05, 3.63) is 52.8 Å². The lowest BCUT2D eigenvalue weighted by Gasteiger charge is -2.44. The van der Waals surface area contributed by atoms with Gasteiger partial charge in [-0.3, -0.25) is 14.3 Å². The number of amides is 2. The third-order valence-electron chi connectivity index (χ3n) is 6.98. The Morgan fingerprint density at radius 2 is 1.79 bits per heavy atom. The maximum absolute atomic E-state index is 13.7. The summed E-state index contributed by atoms with van der Waals surface area (Å²) in [5.41, 5.74) is 1.37. The molecule has 8 nitrogen and oxygen atoms in total. The van der Waals surface area contributed by atoms with Crippen molar-refractivity contribution in [1.29, 1.82) is 0 Å². The zero-order chi connectivity index (χ0) is 24.3. The van der Waals surface area contributed by atoms with Crippen LogP contribution in [0.15, 0.2) is 30.3 Å². The van der Waals surface area contributed by atoms with Gasteiger partial charge in [0.05, 0.1) is 13.2 Å². The fourth-order valence-electron chi connectivity index (χ4n) is 4.85. The number of nitrogens with one attached hydrogen (secondary N) is 1. The smallest absolute Gasteiger partial charge is 0.358 e. The minimum absolute atomic E-state index is 0.0781. The van der Waals surface area contributed by atoms with Crippen molar-refractivity contribution in [2.75, 3.05) is 6.61 Å². The highest BCUT2D eigenvalue weighted by atomic mass is 16.5. The van der Waals surface area contributed by atoms with Crippen molar-refractivity contribution in [2.45, 2.75) is 84.0 Å². The van der Waals surface area contributed by atoms with E-state index in [0.717, 1.165) is 37.7 Å². The number of carbonyl (C=O) groups excluding carboxylic acids is 3. The Morgan fingerprint density at radius 1 is 1.12 bits per heavy atom. The molecule has 34 heavy (non-hydrogen) atoms. The number of aryl methyl sites for hydroxylation is 1. The van der Waals surface area contributed by atoms with E-state index in [1.165, 1.54) is 22.7 Å². The second-order valence-electron chi connectivity index (χ2n) is 9.44. The maximum atomic E-state index is 13.7. The summed E-state index contributed by atoms with van der Waals surface area (Å²) in [7, 11) is 0. The number of hydrogen-bond donors (Lipinski definition) is 1. The predicted molar refractivity (Wildman–Crippen MR) is 127 cm³/mol. The Balaban J connectivity index is 1.67. The lowest BCUT2D eigenvalue weighted by atomic mass is 9.91. The fourth-order valence-corrected chi connectivity index (χ4v) is 4.85. The molecule has 8 heteroatoms. The number of hydrogen-bond acceptors (Lipinski definition) is 5. The van der Waals surface area contributed by atoms with E-state index in [0.29, 0.717) is 0 Å². The van der Waals surface area contributed by atoms with Crippen LogP contribution in [0.25, 0.3) is 0 Å². The van der Waals surface area contributed by atoms with Gasteiger partial charge in [-0.2, -0.15) is 5.10 Å². The Morgan fingerprint density at radius 3 is 2.44 bits per heavy atom. The van der Waals surface area contributed by atoms with Gasteiger partial charge in [0.2, 0.25) is 5.91 Å². The number of nitrogens with zero attached hydrogens (tertiary/aromatic N) is 3. The Kier molecular flexibility index (Phi) is 7.05. The van der Waals surface area contributed by atoms with Crippen LogP contribution in [0.4, 0.5) is 0 Å². The number of ether oxygens (including phenoxy) is 1. The van der Waals surface area contributed by atoms with Crippen LogP contribution < -0.4 is 5.32 Å². The van der Waals surface area contributed by atoms with E-state index in [1.807, 2.05) is 24.3 Å². The summed E-state index contributed by atoms with van der Waals surface area (Å²) >= 11 is 0. The largest absolute Gasteiger partial charge is 0.461 e. The molecule has 182 valence electrons. The number of carbonyl (C=O) groups is 3. The molecule has 0 spiro atoms. The van der Waals surface area contributed by atoms with Gasteiger partial charge in [-0.05, 0) is 44.2 Å². The van der Waals surface area contributed by atoms with Crippen molar-refractivity contribution in [3.8, 4) is 0 Å². The fraction of sp³-hybridized carbons (Fsp3) is 0.538. The summed E-state index contributed by atoms with van der Waals surface area (Å²) in [6, 6.07) is 9.68. The minimum atomic E-state index is -1.15. The van der Waals surface area contributed by atoms with Crippen LogP contribution in [-0.2, 0) is 29.0 Å². The second-order valence-corrected chi connectivity index (χ2v) is 9.44. The molecule has 1 aromatic carbocycles. The quantitative estimate of drug-likeness (QED) is 0.631. The molecular weight excluding hydrogens is 432 g/mol. The van der Waals surface area contributed by atoms with Gasteiger partial charge in [0.1, 0.15) is 11.2 Å². The van der Waals surface area contributed by atoms with E-state index in [4.69, 9.17) is 4.74 Å². The molecule has 1 atom stereocenters. The number of esters is 1. The summed E-state index contributed by atoms with van der Waals surface area (Å²) in [5.74, 6) is -1.08. The lowest BCUT2D eigenvalue weighted by molar-refractivity contribution is -0.134. The molecule has 0 saturated heterocycles. The molecule has 4 rings (SSSR count). The highest BCUT2D eigenvalue weighted by Crippen LogP contribution is 2.30. The maximum Gasteiger partial charge on any atom is 0.358 e. The molecule has 1 aliphatic carbocycles. The van der Waals surface area contributed by atoms with Crippen LogP contribution >= 0.6 is 0 Å². The van der Waals surface area contributed by atoms with Crippen LogP contribution in [0.2, 0.25) is 0 Å². The van der Waals surface area contributed by atoms with Gasteiger partial charge in [0.15, 0.2) is 5.69 Å². The van der Waals surface area contributed by atoms with E-state index in [1.54, 1.807) is 18.7 Å². The molecule has 1 fully saturated rings. The van der Waals surface area contributed by atoms with Crippen molar-refractivity contribution in [3.63, 3.8) is 0 Å². The molecule has 0 radical (unpaired) electrons. The second kappa shape index (κ2) is 9.99. The van der Waals surface area contributed by atoms with E-state index in [2.05, 4.69) is 17.3 Å². The minimum Gasteiger partial charge on any atom is -0.461 e. The van der Waals surface area contributed by atoms with Gasteiger partial charge in [0.25, 0.3) is 5.91 Å². The molecule has 1 aromatic heterocycles. The van der Waals surface area contributed by atoms with E-state index in [-0.39, 0.29) is 48.9 Å². The first-order valence-electron chi connectivity index (χ1n) is 12.3. The average Bonchev–Trinajstić information content (AvgIpc) is 3.27. The van der Waals surface area contributed by atoms with Gasteiger partial charge in [-0.25, -0.2) is 4.79 Å². The average molecular weight is 467 g/mol. The summed E-state index contributed by atoms with van der Waals surface area (Å²) in [6.45, 7) is 6.28. The Hall–Kier alpha value is -3.16. The van der Waals surface area contributed by atoms with E-state index in [9.17, 15) is 14.4 Å². The number of benzene rings is 1. The van der Waals surface area contributed by atoms with Crippen LogP contribution in [0.5, 0.6) is 0 Å². The topological polar surface area (TPSA) is 93.5 Å². The summed E-state index contributed by atoms with van der Waals surface area (Å²) < 4.78 is 6.54. The van der Waals surface area contributed by atoms with Gasteiger partial charge >= 0.3 is 5.97 Å². The Labute approximate surface area is 200 Å². The number of aromatic nitrogens is 2. The number of fused-ring (bicyclic) bond motifs is 1. The highest BCUT2D eigenvalue weighted by molar-refractivity contribution is 6.01. The van der Waals surface area contributed by atoms with Crippen LogP contribution in [0, 0.1) is 0 Å². The number of rotatable bonds is 7. The first-order valence-corrected chi connectivity index (χ1v) is 12.3.